The van der Waals surface area contributed by atoms with E-state index in [2.05, 4.69) is 19.7 Å². The summed E-state index contributed by atoms with van der Waals surface area (Å²) in [5, 5.41) is 3.44. The fourth-order valence-corrected chi connectivity index (χ4v) is 2.07. The van der Waals surface area contributed by atoms with Crippen molar-refractivity contribution in [3.05, 3.63) is 34.4 Å². The molecule has 0 saturated heterocycles. The number of nitrogens with zero attached hydrogens (tertiary/aromatic N) is 3. The van der Waals surface area contributed by atoms with E-state index in [-0.39, 0.29) is 5.91 Å². The average molecular weight is 269 g/mol. The zero-order chi connectivity index (χ0) is 12.4. The first-order valence-electron chi connectivity index (χ1n) is 4.80. The Bertz CT molecular complexity index is 569. The fourth-order valence-electron chi connectivity index (χ4n) is 1.21. The Balaban J connectivity index is 2.20. The van der Waals surface area contributed by atoms with Gasteiger partial charge < -0.3 is 0 Å². The van der Waals surface area contributed by atoms with Crippen LogP contribution in [0.4, 0.5) is 5.13 Å². The number of hydrogen-bond acceptors (Lipinski definition) is 5. The molecule has 0 atom stereocenters. The van der Waals surface area contributed by atoms with Crippen molar-refractivity contribution >= 4 is 34.2 Å². The summed E-state index contributed by atoms with van der Waals surface area (Å²) in [5.74, 6) is 0.289. The zero-order valence-electron chi connectivity index (χ0n) is 9.19. The largest absolute Gasteiger partial charge is 0.296 e. The molecule has 0 radical (unpaired) electrons. The van der Waals surface area contributed by atoms with Gasteiger partial charge in [-0.1, -0.05) is 11.6 Å². The first kappa shape index (κ1) is 11.9. The molecule has 0 aliphatic heterocycles. The minimum absolute atomic E-state index is 0.324. The number of halogens is 1. The summed E-state index contributed by atoms with van der Waals surface area (Å²) >= 11 is 7.09. The molecule has 0 spiro atoms. The van der Waals surface area contributed by atoms with Crippen molar-refractivity contribution in [2.24, 2.45) is 0 Å². The average Bonchev–Trinajstić information content (AvgIpc) is 2.63. The third-order valence-electron chi connectivity index (χ3n) is 1.98. The molecule has 1 amide bonds. The molecule has 88 valence electrons. The minimum Gasteiger partial charge on any atom is -0.296 e. The third kappa shape index (κ3) is 2.78. The highest BCUT2D eigenvalue weighted by Gasteiger charge is 2.13. The summed E-state index contributed by atoms with van der Waals surface area (Å²) in [5.41, 5.74) is 1.09. The van der Waals surface area contributed by atoms with Gasteiger partial charge in [-0.05, 0) is 19.9 Å². The van der Waals surface area contributed by atoms with Crippen molar-refractivity contribution in [3.63, 3.8) is 0 Å². The molecule has 0 aromatic carbocycles. The second-order valence-electron chi connectivity index (χ2n) is 3.41. The number of pyridine rings is 1. The molecule has 2 rings (SSSR count). The smallest absolute Gasteiger partial charge is 0.260 e. The highest BCUT2D eigenvalue weighted by Crippen LogP contribution is 2.18. The fraction of sp³-hybridized carbons (Fsp3) is 0.200. The van der Waals surface area contributed by atoms with E-state index in [0.29, 0.717) is 21.5 Å². The molecule has 0 saturated carbocycles. The van der Waals surface area contributed by atoms with Gasteiger partial charge in [0, 0.05) is 23.4 Å². The summed E-state index contributed by atoms with van der Waals surface area (Å²) in [6.07, 6.45) is 1.45. The van der Waals surface area contributed by atoms with Crippen molar-refractivity contribution in [2.45, 2.75) is 13.8 Å². The van der Waals surface area contributed by atoms with Gasteiger partial charge in [0.05, 0.1) is 10.6 Å². The number of nitrogens with one attached hydrogen (secondary N) is 1. The summed E-state index contributed by atoms with van der Waals surface area (Å²) in [4.78, 5) is 19.9. The highest BCUT2D eigenvalue weighted by molar-refractivity contribution is 7.09. The van der Waals surface area contributed by atoms with Crippen molar-refractivity contribution in [1.29, 1.82) is 0 Å². The lowest BCUT2D eigenvalue weighted by atomic mass is 10.2. The normalized spacial score (nSPS) is 10.3. The van der Waals surface area contributed by atoms with E-state index in [0.717, 1.165) is 17.2 Å². The Morgan fingerprint density at radius 2 is 2.24 bits per heavy atom. The van der Waals surface area contributed by atoms with E-state index in [1.54, 1.807) is 13.0 Å². The van der Waals surface area contributed by atoms with Gasteiger partial charge in [-0.2, -0.15) is 4.37 Å². The Hall–Kier alpha value is -1.53. The summed E-state index contributed by atoms with van der Waals surface area (Å²) in [6, 6.07) is 1.64. The first-order chi connectivity index (χ1) is 8.06. The van der Waals surface area contributed by atoms with Crippen molar-refractivity contribution in [3.8, 4) is 0 Å². The maximum absolute atomic E-state index is 11.9. The predicted molar refractivity (Wildman–Crippen MR) is 66.6 cm³/mol. The zero-order valence-corrected chi connectivity index (χ0v) is 10.8. The monoisotopic (exact) mass is 268 g/mol. The number of anilines is 1. The quantitative estimate of drug-likeness (QED) is 0.908. The van der Waals surface area contributed by atoms with Crippen LogP contribution in [0.2, 0.25) is 5.02 Å². The molecule has 17 heavy (non-hydrogen) atoms. The van der Waals surface area contributed by atoms with Crippen LogP contribution in [0.25, 0.3) is 0 Å². The maximum atomic E-state index is 11.9. The molecule has 0 aliphatic rings. The Labute approximate surface area is 107 Å². The van der Waals surface area contributed by atoms with Crippen molar-refractivity contribution in [2.75, 3.05) is 5.32 Å². The van der Waals surface area contributed by atoms with Crippen molar-refractivity contribution in [1.82, 2.24) is 14.3 Å². The molecule has 2 aromatic rings. The maximum Gasteiger partial charge on any atom is 0.260 e. The van der Waals surface area contributed by atoms with Crippen LogP contribution in [0.5, 0.6) is 0 Å². The van der Waals surface area contributed by atoms with Crippen LogP contribution < -0.4 is 5.32 Å². The molecule has 1 N–H and O–H groups in total. The third-order valence-corrected chi connectivity index (χ3v) is 3.02. The molecule has 2 aromatic heterocycles. The van der Waals surface area contributed by atoms with Crippen LogP contribution >= 0.6 is 23.1 Å². The molecule has 0 unspecified atom stereocenters. The van der Waals surface area contributed by atoms with E-state index in [1.165, 1.54) is 6.20 Å². The molecule has 0 aliphatic carbocycles. The first-order valence-corrected chi connectivity index (χ1v) is 5.95. The summed E-state index contributed by atoms with van der Waals surface area (Å²) in [7, 11) is 0. The van der Waals surface area contributed by atoms with Gasteiger partial charge in [-0.15, -0.1) is 0 Å². The molecule has 0 bridgehead atoms. The number of carbonyl (C=O) groups is 1. The van der Waals surface area contributed by atoms with E-state index in [1.807, 2.05) is 6.92 Å². The van der Waals surface area contributed by atoms with Gasteiger partial charge in [0.1, 0.15) is 5.82 Å². The van der Waals surface area contributed by atoms with Crippen LogP contribution in [-0.4, -0.2) is 20.2 Å². The van der Waals surface area contributed by atoms with Gasteiger partial charge in [0.2, 0.25) is 5.13 Å². The predicted octanol–water partition coefficient (Wildman–Crippen LogP) is 2.46. The van der Waals surface area contributed by atoms with Gasteiger partial charge in [-0.3, -0.25) is 15.1 Å². The Morgan fingerprint density at radius 1 is 1.47 bits per heavy atom. The lowest BCUT2D eigenvalue weighted by molar-refractivity contribution is 0.102. The summed E-state index contributed by atoms with van der Waals surface area (Å²) in [6.45, 7) is 3.56. The SMILES string of the molecule is Cc1cc(Cl)c(C(=O)Nc2nc(C)ns2)cn1. The van der Waals surface area contributed by atoms with E-state index >= 15 is 0 Å². The number of hydrogen-bond donors (Lipinski definition) is 1. The number of amides is 1. The van der Waals surface area contributed by atoms with Crippen LogP contribution in [0.1, 0.15) is 21.9 Å². The number of rotatable bonds is 2. The van der Waals surface area contributed by atoms with Crippen molar-refractivity contribution < 1.29 is 4.79 Å². The molecular weight excluding hydrogens is 260 g/mol. The van der Waals surface area contributed by atoms with Crippen LogP contribution in [0.15, 0.2) is 12.3 Å². The Morgan fingerprint density at radius 3 is 2.82 bits per heavy atom. The second-order valence-corrected chi connectivity index (χ2v) is 4.57. The van der Waals surface area contributed by atoms with Gasteiger partial charge in [-0.25, -0.2) is 4.98 Å². The number of carbonyl (C=O) groups excluding carboxylic acids is 1. The molecule has 2 heterocycles. The topological polar surface area (TPSA) is 67.8 Å². The molecule has 5 nitrogen and oxygen atoms in total. The summed E-state index contributed by atoms with van der Waals surface area (Å²) < 4.78 is 3.97. The number of aromatic nitrogens is 3. The van der Waals surface area contributed by atoms with Crippen LogP contribution in [-0.2, 0) is 0 Å². The van der Waals surface area contributed by atoms with Gasteiger partial charge >= 0.3 is 0 Å². The highest BCUT2D eigenvalue weighted by atomic mass is 35.5. The lowest BCUT2D eigenvalue weighted by Crippen LogP contribution is -2.12. The number of aryl methyl sites for hydroxylation is 2. The lowest BCUT2D eigenvalue weighted by Gasteiger charge is -2.03. The van der Waals surface area contributed by atoms with Gasteiger partial charge in [0.15, 0.2) is 0 Å². The molecular formula is C10H9ClN4OS. The van der Waals surface area contributed by atoms with Crippen LogP contribution in [0, 0.1) is 13.8 Å². The second kappa shape index (κ2) is 4.77. The molecule has 0 fully saturated rings. The van der Waals surface area contributed by atoms with E-state index < -0.39 is 0 Å². The minimum atomic E-state index is -0.335. The van der Waals surface area contributed by atoms with E-state index in [9.17, 15) is 4.79 Å². The van der Waals surface area contributed by atoms with Crippen LogP contribution in [0.3, 0.4) is 0 Å². The van der Waals surface area contributed by atoms with E-state index in [4.69, 9.17) is 11.6 Å². The Kier molecular flexibility index (Phi) is 3.35. The molecule has 7 heteroatoms. The van der Waals surface area contributed by atoms with Gasteiger partial charge in [0.25, 0.3) is 5.91 Å². The standard InChI is InChI=1S/C10H9ClN4OS/c1-5-3-8(11)7(4-12-5)9(16)14-10-13-6(2)15-17-10/h3-4H,1-2H3,(H,13,14,15,16).